The zero-order chi connectivity index (χ0) is 18.2. The second kappa shape index (κ2) is 6.18. The van der Waals surface area contributed by atoms with Gasteiger partial charge in [-0.2, -0.15) is 13.2 Å². The summed E-state index contributed by atoms with van der Waals surface area (Å²) in [5.74, 6) is 0. The summed E-state index contributed by atoms with van der Waals surface area (Å²) in [6, 6.07) is 10.7. The van der Waals surface area contributed by atoms with E-state index in [2.05, 4.69) is 4.99 Å². The molecule has 1 aliphatic rings. The fourth-order valence-electron chi connectivity index (χ4n) is 2.66. The van der Waals surface area contributed by atoms with Crippen molar-refractivity contribution in [3.05, 3.63) is 65.2 Å². The molecule has 2 aromatic carbocycles. The molecule has 0 fully saturated rings. The number of alkyl halides is 3. The zero-order valence-electron chi connectivity index (χ0n) is 13.1. The summed E-state index contributed by atoms with van der Waals surface area (Å²) in [5, 5.41) is -1.25. The van der Waals surface area contributed by atoms with Gasteiger partial charge in [0.15, 0.2) is 17.9 Å². The standard InChI is InChI=1S/C17H14F3NO3S/c1-11-4-2-3-5-14(11)25(22,23)16-15(24-10-21-16)12-6-8-13(9-7-12)17(18,19)20/h2-10,15-16H,1H3. The van der Waals surface area contributed by atoms with Gasteiger partial charge in [0, 0.05) is 0 Å². The molecule has 1 aliphatic heterocycles. The number of aryl methyl sites for hydroxylation is 1. The molecule has 25 heavy (non-hydrogen) atoms. The summed E-state index contributed by atoms with van der Waals surface area (Å²) in [7, 11) is -3.85. The quantitative estimate of drug-likeness (QED) is 0.824. The first-order valence-electron chi connectivity index (χ1n) is 7.35. The third-order valence-corrected chi connectivity index (χ3v) is 6.03. The molecule has 0 saturated heterocycles. The van der Waals surface area contributed by atoms with Crippen molar-refractivity contribution in [3.63, 3.8) is 0 Å². The van der Waals surface area contributed by atoms with Crippen molar-refractivity contribution in [2.75, 3.05) is 0 Å². The molecule has 0 spiro atoms. The fraction of sp³-hybridized carbons (Fsp3) is 0.235. The highest BCUT2D eigenvalue weighted by atomic mass is 32.2. The minimum atomic E-state index is -4.46. The van der Waals surface area contributed by atoms with E-state index in [0.29, 0.717) is 11.1 Å². The lowest BCUT2D eigenvalue weighted by molar-refractivity contribution is -0.137. The van der Waals surface area contributed by atoms with Crippen LogP contribution < -0.4 is 0 Å². The van der Waals surface area contributed by atoms with E-state index in [9.17, 15) is 21.6 Å². The number of aliphatic imine (C=N–C) groups is 1. The lowest BCUT2D eigenvalue weighted by Crippen LogP contribution is -2.25. The van der Waals surface area contributed by atoms with Gasteiger partial charge < -0.3 is 4.74 Å². The minimum absolute atomic E-state index is 0.125. The van der Waals surface area contributed by atoms with Crippen LogP contribution in [0.3, 0.4) is 0 Å². The Morgan fingerprint density at radius 2 is 1.68 bits per heavy atom. The van der Waals surface area contributed by atoms with E-state index in [1.54, 1.807) is 25.1 Å². The Bertz CT molecular complexity index is 905. The molecule has 0 saturated carbocycles. The lowest BCUT2D eigenvalue weighted by Gasteiger charge is -2.19. The van der Waals surface area contributed by atoms with E-state index < -0.39 is 33.1 Å². The maximum atomic E-state index is 12.9. The van der Waals surface area contributed by atoms with E-state index in [4.69, 9.17) is 4.74 Å². The first-order chi connectivity index (χ1) is 11.7. The highest BCUT2D eigenvalue weighted by Crippen LogP contribution is 2.36. The van der Waals surface area contributed by atoms with Gasteiger partial charge in [0.1, 0.15) is 0 Å². The Hall–Kier alpha value is -2.35. The van der Waals surface area contributed by atoms with Gasteiger partial charge in [0.05, 0.1) is 10.5 Å². The van der Waals surface area contributed by atoms with Crippen LogP contribution in [-0.2, 0) is 20.8 Å². The van der Waals surface area contributed by atoms with Crippen LogP contribution in [0.1, 0.15) is 22.8 Å². The first-order valence-corrected chi connectivity index (χ1v) is 8.89. The van der Waals surface area contributed by atoms with Gasteiger partial charge in [-0.15, -0.1) is 0 Å². The van der Waals surface area contributed by atoms with Gasteiger partial charge in [-0.25, -0.2) is 13.4 Å². The number of nitrogens with zero attached hydrogens (tertiary/aromatic N) is 1. The van der Waals surface area contributed by atoms with Crippen molar-refractivity contribution in [2.45, 2.75) is 29.5 Å². The van der Waals surface area contributed by atoms with E-state index in [1.807, 2.05) is 0 Å². The highest BCUT2D eigenvalue weighted by Gasteiger charge is 2.40. The van der Waals surface area contributed by atoms with Crippen LogP contribution in [-0.4, -0.2) is 20.2 Å². The zero-order valence-corrected chi connectivity index (χ0v) is 13.9. The number of hydrogen-bond acceptors (Lipinski definition) is 4. The summed E-state index contributed by atoms with van der Waals surface area (Å²) < 4.78 is 69.1. The van der Waals surface area contributed by atoms with Crippen molar-refractivity contribution in [2.24, 2.45) is 4.99 Å². The molecule has 3 rings (SSSR count). The molecule has 0 radical (unpaired) electrons. The Morgan fingerprint density at radius 3 is 2.28 bits per heavy atom. The van der Waals surface area contributed by atoms with Crippen LogP contribution in [0.5, 0.6) is 0 Å². The Balaban J connectivity index is 1.95. The number of rotatable bonds is 3. The van der Waals surface area contributed by atoms with Crippen LogP contribution in [0, 0.1) is 6.92 Å². The second-order valence-electron chi connectivity index (χ2n) is 5.63. The van der Waals surface area contributed by atoms with Crippen LogP contribution in [0.4, 0.5) is 13.2 Å². The van der Waals surface area contributed by atoms with Gasteiger partial charge in [-0.05, 0) is 36.2 Å². The van der Waals surface area contributed by atoms with Crippen molar-refractivity contribution in [3.8, 4) is 0 Å². The predicted octanol–water partition coefficient (Wildman–Crippen LogP) is 3.91. The molecule has 2 unspecified atom stereocenters. The number of halogens is 3. The van der Waals surface area contributed by atoms with E-state index >= 15 is 0 Å². The minimum Gasteiger partial charge on any atom is -0.472 e. The summed E-state index contributed by atoms with van der Waals surface area (Å²) in [5.41, 5.74) is 0.0666. The molecular weight excluding hydrogens is 355 g/mol. The topological polar surface area (TPSA) is 55.7 Å². The monoisotopic (exact) mass is 369 g/mol. The Morgan fingerprint density at radius 1 is 1.04 bits per heavy atom. The largest absolute Gasteiger partial charge is 0.472 e. The summed E-state index contributed by atoms with van der Waals surface area (Å²) in [6.45, 7) is 1.67. The maximum Gasteiger partial charge on any atom is 0.416 e. The van der Waals surface area contributed by atoms with Crippen molar-refractivity contribution in [1.29, 1.82) is 0 Å². The Kier molecular flexibility index (Phi) is 4.32. The number of hydrogen-bond donors (Lipinski definition) is 0. The average Bonchev–Trinajstić information content (AvgIpc) is 3.05. The summed E-state index contributed by atoms with van der Waals surface area (Å²) in [4.78, 5) is 4.02. The molecule has 2 atom stereocenters. The van der Waals surface area contributed by atoms with E-state index in [1.165, 1.54) is 18.2 Å². The number of ether oxygens (including phenoxy) is 1. The van der Waals surface area contributed by atoms with Gasteiger partial charge in [0.25, 0.3) is 0 Å². The molecule has 4 nitrogen and oxygen atoms in total. The molecule has 0 N–H and O–H groups in total. The summed E-state index contributed by atoms with van der Waals surface area (Å²) in [6.07, 6.45) is -4.42. The van der Waals surface area contributed by atoms with Gasteiger partial charge in [-0.3, -0.25) is 0 Å². The smallest absolute Gasteiger partial charge is 0.416 e. The lowest BCUT2D eigenvalue weighted by atomic mass is 10.1. The van der Waals surface area contributed by atoms with E-state index in [0.717, 1.165) is 18.5 Å². The molecule has 0 bridgehead atoms. The fourth-order valence-corrected chi connectivity index (χ4v) is 4.46. The summed E-state index contributed by atoms with van der Waals surface area (Å²) >= 11 is 0. The van der Waals surface area contributed by atoms with Crippen molar-refractivity contribution in [1.82, 2.24) is 0 Å². The SMILES string of the molecule is Cc1ccccc1S(=O)(=O)C1N=COC1c1ccc(C(F)(F)F)cc1. The van der Waals surface area contributed by atoms with Crippen molar-refractivity contribution < 1.29 is 26.3 Å². The van der Waals surface area contributed by atoms with Crippen LogP contribution in [0.2, 0.25) is 0 Å². The predicted molar refractivity (Wildman–Crippen MR) is 85.9 cm³/mol. The van der Waals surface area contributed by atoms with E-state index in [-0.39, 0.29) is 4.90 Å². The molecule has 0 aromatic heterocycles. The first kappa shape index (κ1) is 17.5. The normalized spacial score (nSPS) is 20.5. The molecular formula is C17H14F3NO3S. The van der Waals surface area contributed by atoms with Gasteiger partial charge in [0.2, 0.25) is 9.84 Å². The number of benzene rings is 2. The number of sulfone groups is 1. The second-order valence-corrected chi connectivity index (χ2v) is 7.64. The molecule has 8 heteroatoms. The van der Waals surface area contributed by atoms with Crippen LogP contribution >= 0.6 is 0 Å². The third-order valence-electron chi connectivity index (χ3n) is 3.96. The maximum absolute atomic E-state index is 12.9. The van der Waals surface area contributed by atoms with Gasteiger partial charge >= 0.3 is 6.18 Å². The molecule has 1 heterocycles. The molecule has 0 aliphatic carbocycles. The third kappa shape index (κ3) is 3.26. The molecule has 2 aromatic rings. The van der Waals surface area contributed by atoms with Crippen LogP contribution in [0.15, 0.2) is 58.4 Å². The molecule has 0 amide bonds. The van der Waals surface area contributed by atoms with Crippen LogP contribution in [0.25, 0.3) is 0 Å². The Labute approximate surface area is 142 Å². The van der Waals surface area contributed by atoms with Crippen molar-refractivity contribution >= 4 is 16.2 Å². The molecule has 132 valence electrons. The average molecular weight is 369 g/mol. The van der Waals surface area contributed by atoms with Gasteiger partial charge in [-0.1, -0.05) is 30.3 Å². The highest BCUT2D eigenvalue weighted by molar-refractivity contribution is 7.92.